The molecule has 124 valence electrons. The molecule has 6 heteroatoms. The lowest BCUT2D eigenvalue weighted by Crippen LogP contribution is -2.20. The minimum Gasteiger partial charge on any atom is -0.452 e. The van der Waals surface area contributed by atoms with E-state index in [1.807, 2.05) is 43.5 Å². The Morgan fingerprint density at radius 2 is 2.00 bits per heavy atom. The summed E-state index contributed by atoms with van der Waals surface area (Å²) in [7, 11) is 0. The average Bonchev–Trinajstić information content (AvgIpc) is 3.02. The van der Waals surface area contributed by atoms with Crippen LogP contribution in [0.25, 0.3) is 11.3 Å². The lowest BCUT2D eigenvalue weighted by atomic mass is 10.1. The second-order valence-corrected chi connectivity index (χ2v) is 5.80. The summed E-state index contributed by atoms with van der Waals surface area (Å²) in [5, 5.41) is 4.96. The number of thiazole rings is 1. The number of nitrogens with one attached hydrogen (secondary N) is 1. The van der Waals surface area contributed by atoms with Gasteiger partial charge >= 0.3 is 5.97 Å². The molecule has 0 fully saturated rings. The van der Waals surface area contributed by atoms with Crippen molar-refractivity contribution < 1.29 is 14.3 Å². The lowest BCUT2D eigenvalue weighted by molar-refractivity contribution is -0.142. The normalized spacial score (nSPS) is 11.1. The number of esters is 1. The molecule has 5 nitrogen and oxygen atoms in total. The maximum Gasteiger partial charge on any atom is 0.331 e. The van der Waals surface area contributed by atoms with Crippen molar-refractivity contribution in [3.8, 4) is 11.3 Å². The zero-order chi connectivity index (χ0) is 17.4. The molecule has 0 saturated heterocycles. The summed E-state index contributed by atoms with van der Waals surface area (Å²) >= 11 is 1.32. The quantitative estimate of drug-likeness (QED) is 0.493. The molecule has 0 radical (unpaired) electrons. The standard InChI is InChI=1S/C18H18N2O3S/c1-3-4-5-6-17(22)23-11-16(21)20-18-19-15(12-24-18)14-9-7-13(2)8-10-14/h3-10,12H,11H2,1-2H3,(H,19,20,21)/b4-3+,6-5+. The summed E-state index contributed by atoms with van der Waals surface area (Å²) in [6.07, 6.45) is 6.29. The molecular weight excluding hydrogens is 324 g/mol. The number of ether oxygens (including phenoxy) is 1. The van der Waals surface area contributed by atoms with Gasteiger partial charge in [0.1, 0.15) is 0 Å². The molecule has 1 amide bonds. The van der Waals surface area contributed by atoms with E-state index in [-0.39, 0.29) is 6.61 Å². The number of nitrogens with zero attached hydrogens (tertiary/aromatic N) is 1. The van der Waals surface area contributed by atoms with Gasteiger partial charge in [-0.3, -0.25) is 10.1 Å². The fourth-order valence-corrected chi connectivity index (χ4v) is 2.51. The summed E-state index contributed by atoms with van der Waals surface area (Å²) in [6.45, 7) is 3.51. The minimum absolute atomic E-state index is 0.349. The Morgan fingerprint density at radius 1 is 1.25 bits per heavy atom. The van der Waals surface area contributed by atoms with Crippen LogP contribution >= 0.6 is 11.3 Å². The van der Waals surface area contributed by atoms with E-state index in [0.717, 1.165) is 11.3 Å². The molecule has 0 aliphatic carbocycles. The minimum atomic E-state index is -0.567. The lowest BCUT2D eigenvalue weighted by Gasteiger charge is -2.02. The van der Waals surface area contributed by atoms with Crippen LogP contribution in [0, 0.1) is 6.92 Å². The Labute approximate surface area is 144 Å². The van der Waals surface area contributed by atoms with Gasteiger partial charge in [0.2, 0.25) is 0 Å². The molecule has 1 heterocycles. The van der Waals surface area contributed by atoms with E-state index in [2.05, 4.69) is 10.3 Å². The third-order valence-corrected chi connectivity index (χ3v) is 3.74. The van der Waals surface area contributed by atoms with Gasteiger partial charge in [-0.05, 0) is 13.8 Å². The number of carbonyl (C=O) groups excluding carboxylic acids is 2. The summed E-state index contributed by atoms with van der Waals surface area (Å²) < 4.78 is 4.83. The van der Waals surface area contributed by atoms with Crippen LogP contribution < -0.4 is 5.32 Å². The van der Waals surface area contributed by atoms with E-state index in [0.29, 0.717) is 5.13 Å². The van der Waals surface area contributed by atoms with Gasteiger partial charge in [0.05, 0.1) is 5.69 Å². The first kappa shape index (κ1) is 17.6. The molecule has 1 aromatic heterocycles. The summed E-state index contributed by atoms with van der Waals surface area (Å²) in [4.78, 5) is 27.5. The van der Waals surface area contributed by atoms with Gasteiger partial charge in [0.25, 0.3) is 5.91 Å². The number of carbonyl (C=O) groups is 2. The van der Waals surface area contributed by atoms with E-state index in [4.69, 9.17) is 4.74 Å². The number of amides is 1. The number of aryl methyl sites for hydroxylation is 1. The maximum atomic E-state index is 11.8. The van der Waals surface area contributed by atoms with Gasteiger partial charge in [0.15, 0.2) is 11.7 Å². The highest BCUT2D eigenvalue weighted by molar-refractivity contribution is 7.14. The van der Waals surface area contributed by atoms with Crippen molar-refractivity contribution in [1.82, 2.24) is 4.98 Å². The molecule has 0 aliphatic heterocycles. The van der Waals surface area contributed by atoms with Gasteiger partial charge in [-0.2, -0.15) is 0 Å². The fourth-order valence-electron chi connectivity index (χ4n) is 1.77. The largest absolute Gasteiger partial charge is 0.452 e. The van der Waals surface area contributed by atoms with Crippen LogP contribution in [0.15, 0.2) is 53.9 Å². The fraction of sp³-hybridized carbons (Fsp3) is 0.167. The molecule has 0 atom stereocenters. The van der Waals surface area contributed by atoms with E-state index in [1.165, 1.54) is 23.0 Å². The number of benzene rings is 1. The van der Waals surface area contributed by atoms with Gasteiger partial charge in [-0.25, -0.2) is 9.78 Å². The Balaban J connectivity index is 1.86. The van der Waals surface area contributed by atoms with Crippen LogP contribution in [0.5, 0.6) is 0 Å². The molecule has 0 bridgehead atoms. The molecule has 0 saturated carbocycles. The Bertz CT molecular complexity index is 761. The number of rotatable bonds is 6. The smallest absolute Gasteiger partial charge is 0.331 e. The second-order valence-electron chi connectivity index (χ2n) is 4.94. The molecule has 1 N–H and O–H groups in total. The second kappa shape index (κ2) is 8.79. The van der Waals surface area contributed by atoms with Gasteiger partial charge in [-0.15, -0.1) is 11.3 Å². The molecule has 24 heavy (non-hydrogen) atoms. The topological polar surface area (TPSA) is 68.3 Å². The maximum absolute atomic E-state index is 11.8. The Kier molecular flexibility index (Phi) is 6.45. The molecule has 1 aromatic carbocycles. The summed E-state index contributed by atoms with van der Waals surface area (Å²) in [5.41, 5.74) is 2.95. The third-order valence-electron chi connectivity index (χ3n) is 2.98. The number of anilines is 1. The predicted molar refractivity (Wildman–Crippen MR) is 95.8 cm³/mol. The van der Waals surface area contributed by atoms with E-state index in [9.17, 15) is 9.59 Å². The Hall–Kier alpha value is -2.73. The van der Waals surface area contributed by atoms with Crippen LogP contribution in [0.1, 0.15) is 12.5 Å². The van der Waals surface area contributed by atoms with E-state index < -0.39 is 11.9 Å². The van der Waals surface area contributed by atoms with Crippen molar-refractivity contribution in [2.24, 2.45) is 0 Å². The number of hydrogen-bond donors (Lipinski definition) is 1. The van der Waals surface area contributed by atoms with Crippen molar-refractivity contribution in [2.75, 3.05) is 11.9 Å². The molecule has 0 unspecified atom stereocenters. The predicted octanol–water partition coefficient (Wildman–Crippen LogP) is 3.73. The first-order chi connectivity index (χ1) is 11.6. The van der Waals surface area contributed by atoms with E-state index >= 15 is 0 Å². The zero-order valence-corrected chi connectivity index (χ0v) is 14.3. The summed E-state index contributed by atoms with van der Waals surface area (Å²) in [5.74, 6) is -0.990. The van der Waals surface area contributed by atoms with Crippen LogP contribution in [-0.2, 0) is 14.3 Å². The first-order valence-electron chi connectivity index (χ1n) is 7.37. The molecule has 2 aromatic rings. The van der Waals surface area contributed by atoms with Crippen LogP contribution in [0.2, 0.25) is 0 Å². The molecule has 0 spiro atoms. The molecular formula is C18H18N2O3S. The van der Waals surface area contributed by atoms with Crippen molar-refractivity contribution in [1.29, 1.82) is 0 Å². The van der Waals surface area contributed by atoms with Gasteiger partial charge < -0.3 is 4.74 Å². The van der Waals surface area contributed by atoms with Crippen molar-refractivity contribution in [3.63, 3.8) is 0 Å². The van der Waals surface area contributed by atoms with Crippen molar-refractivity contribution in [3.05, 3.63) is 59.5 Å². The van der Waals surface area contributed by atoms with Gasteiger partial charge in [0, 0.05) is 17.0 Å². The van der Waals surface area contributed by atoms with Gasteiger partial charge in [-0.1, -0.05) is 48.1 Å². The average molecular weight is 342 g/mol. The number of hydrogen-bond acceptors (Lipinski definition) is 5. The Morgan fingerprint density at radius 3 is 2.71 bits per heavy atom. The van der Waals surface area contributed by atoms with Crippen molar-refractivity contribution >= 4 is 28.3 Å². The highest BCUT2D eigenvalue weighted by Crippen LogP contribution is 2.24. The van der Waals surface area contributed by atoms with Crippen LogP contribution in [0.3, 0.4) is 0 Å². The number of allylic oxidation sites excluding steroid dienone is 3. The highest BCUT2D eigenvalue weighted by atomic mass is 32.1. The van der Waals surface area contributed by atoms with Crippen molar-refractivity contribution in [2.45, 2.75) is 13.8 Å². The van der Waals surface area contributed by atoms with E-state index in [1.54, 1.807) is 18.2 Å². The zero-order valence-electron chi connectivity index (χ0n) is 13.5. The van der Waals surface area contributed by atoms with Crippen LogP contribution in [-0.4, -0.2) is 23.5 Å². The number of aromatic nitrogens is 1. The molecule has 2 rings (SSSR count). The third kappa shape index (κ3) is 5.48. The SMILES string of the molecule is C/C=C/C=C/C(=O)OCC(=O)Nc1nc(-c2ccc(C)cc2)cs1. The van der Waals surface area contributed by atoms with Crippen LogP contribution in [0.4, 0.5) is 5.13 Å². The monoisotopic (exact) mass is 342 g/mol. The molecule has 0 aliphatic rings. The summed E-state index contributed by atoms with van der Waals surface area (Å²) in [6, 6.07) is 7.98. The highest BCUT2D eigenvalue weighted by Gasteiger charge is 2.09. The first-order valence-corrected chi connectivity index (χ1v) is 8.25.